The molecular formula is C33H40N4O4. The Hall–Kier alpha value is -3.75. The van der Waals surface area contributed by atoms with Gasteiger partial charge in [0.05, 0.1) is 23.2 Å². The van der Waals surface area contributed by atoms with Gasteiger partial charge in [-0.05, 0) is 75.5 Å². The number of nitrogens with zero attached hydrogens (tertiary/aromatic N) is 2. The number of hydrogen-bond acceptors (Lipinski definition) is 5. The second-order valence-corrected chi connectivity index (χ2v) is 12.1. The zero-order chi connectivity index (χ0) is 29.2. The molecule has 0 bridgehead atoms. The predicted octanol–water partition coefficient (Wildman–Crippen LogP) is 6.00. The summed E-state index contributed by atoms with van der Waals surface area (Å²) in [4.78, 5) is 30.8. The van der Waals surface area contributed by atoms with Gasteiger partial charge >= 0.3 is 6.09 Å². The number of hydrogen-bond donors (Lipinski definition) is 4. The molecule has 1 aromatic heterocycles. The zero-order valence-electron chi connectivity index (χ0n) is 23.8. The molecule has 8 heteroatoms. The smallest absolute Gasteiger partial charge is 0.407 e. The zero-order valence-corrected chi connectivity index (χ0v) is 23.8. The molecule has 0 saturated heterocycles. The second-order valence-electron chi connectivity index (χ2n) is 12.1. The molecule has 0 radical (unpaired) electrons. The van der Waals surface area contributed by atoms with Crippen molar-refractivity contribution in [2.24, 2.45) is 11.7 Å². The summed E-state index contributed by atoms with van der Waals surface area (Å²) in [6.45, 7) is 4.16. The molecule has 3 aromatic rings. The number of benzene rings is 2. The molecule has 0 atom stereocenters. The molecule has 216 valence electrons. The number of rotatable bonds is 8. The van der Waals surface area contributed by atoms with Crippen LogP contribution < -0.4 is 11.1 Å². The maximum Gasteiger partial charge on any atom is 0.407 e. The van der Waals surface area contributed by atoms with Gasteiger partial charge in [-0.15, -0.1) is 0 Å². The third-order valence-electron chi connectivity index (χ3n) is 8.70. The van der Waals surface area contributed by atoms with Gasteiger partial charge in [-0.25, -0.2) is 4.79 Å². The fraction of sp³-hybridized carbons (Fsp3) is 0.424. The Morgan fingerprint density at radius 1 is 1.02 bits per heavy atom. The fourth-order valence-corrected chi connectivity index (χ4v) is 6.76. The van der Waals surface area contributed by atoms with Crippen molar-refractivity contribution in [1.29, 1.82) is 0 Å². The van der Waals surface area contributed by atoms with Crippen LogP contribution in [0.25, 0.3) is 22.4 Å². The van der Waals surface area contributed by atoms with Crippen LogP contribution in [-0.4, -0.2) is 50.3 Å². The van der Waals surface area contributed by atoms with E-state index in [4.69, 9.17) is 10.7 Å². The molecule has 0 unspecified atom stereocenters. The quantitative estimate of drug-likeness (QED) is 0.269. The molecule has 2 amide bonds. The second kappa shape index (κ2) is 11.6. The standard InChI is InChI=1S/C33H40N4O4/c1-3-37(31(39)40)27-15-9-22(10-16-27)17-29(38)36-26-18-28(23-7-5-4-6-8-23)30(35-19-26)24-11-13-25(14-12-24)33(34)20-32(2,41)21-33/h4-8,11-14,18-19,22,27,41H,3,9-10,15-17,20-21,34H2,1-2H3,(H,36,38)(H,39,40)/t22-,27-,32-,33-. The highest BCUT2D eigenvalue weighted by atomic mass is 16.4. The number of nitrogens with one attached hydrogen (secondary N) is 1. The van der Waals surface area contributed by atoms with E-state index in [9.17, 15) is 19.8 Å². The summed E-state index contributed by atoms with van der Waals surface area (Å²) >= 11 is 0. The molecule has 5 N–H and O–H groups in total. The molecule has 8 nitrogen and oxygen atoms in total. The van der Waals surface area contributed by atoms with E-state index >= 15 is 0 Å². The first kappa shape index (κ1) is 28.8. The van der Waals surface area contributed by atoms with Crippen molar-refractivity contribution in [2.45, 2.75) is 76.0 Å². The van der Waals surface area contributed by atoms with Crippen LogP contribution in [0.4, 0.5) is 10.5 Å². The Labute approximate surface area is 241 Å². The number of amides is 2. The maximum atomic E-state index is 13.0. The van der Waals surface area contributed by atoms with Crippen molar-refractivity contribution >= 4 is 17.7 Å². The Kier molecular flexibility index (Phi) is 8.16. The summed E-state index contributed by atoms with van der Waals surface area (Å²) < 4.78 is 0. The lowest BCUT2D eigenvalue weighted by Crippen LogP contribution is -2.58. The first-order valence-corrected chi connectivity index (χ1v) is 14.5. The van der Waals surface area contributed by atoms with Gasteiger partial charge < -0.3 is 26.2 Å². The van der Waals surface area contributed by atoms with E-state index in [1.54, 1.807) is 6.20 Å². The molecule has 41 heavy (non-hydrogen) atoms. The summed E-state index contributed by atoms with van der Waals surface area (Å²) in [6, 6.07) is 20.1. The third-order valence-corrected chi connectivity index (χ3v) is 8.70. The number of carbonyl (C=O) groups excluding carboxylic acids is 1. The topological polar surface area (TPSA) is 129 Å². The van der Waals surface area contributed by atoms with E-state index in [0.717, 1.165) is 53.6 Å². The van der Waals surface area contributed by atoms with Gasteiger partial charge in [0.15, 0.2) is 0 Å². The summed E-state index contributed by atoms with van der Waals surface area (Å²) in [5.74, 6) is 0.185. The number of pyridine rings is 1. The van der Waals surface area contributed by atoms with Crippen LogP contribution in [0.15, 0.2) is 66.9 Å². The van der Waals surface area contributed by atoms with Gasteiger partial charge in [-0.1, -0.05) is 54.6 Å². The number of aromatic nitrogens is 1. The molecule has 2 aliphatic rings. The first-order chi connectivity index (χ1) is 19.6. The van der Waals surface area contributed by atoms with Crippen LogP contribution in [-0.2, 0) is 10.3 Å². The molecule has 2 fully saturated rings. The van der Waals surface area contributed by atoms with Gasteiger partial charge in [0.2, 0.25) is 5.91 Å². The van der Waals surface area contributed by atoms with E-state index in [1.165, 1.54) is 4.90 Å². The van der Waals surface area contributed by atoms with Gasteiger partial charge in [0, 0.05) is 35.7 Å². The normalized spacial score (nSPS) is 25.7. The lowest BCUT2D eigenvalue weighted by molar-refractivity contribution is -0.117. The van der Waals surface area contributed by atoms with Crippen molar-refractivity contribution in [3.8, 4) is 22.4 Å². The number of nitrogens with two attached hydrogens (primary N) is 1. The molecule has 5 rings (SSSR count). The Bertz CT molecular complexity index is 1370. The van der Waals surface area contributed by atoms with Crippen LogP contribution in [0.5, 0.6) is 0 Å². The molecule has 2 aromatic carbocycles. The van der Waals surface area contributed by atoms with E-state index in [-0.39, 0.29) is 17.9 Å². The summed E-state index contributed by atoms with van der Waals surface area (Å²) in [7, 11) is 0. The monoisotopic (exact) mass is 556 g/mol. The Morgan fingerprint density at radius 3 is 2.27 bits per heavy atom. The largest absolute Gasteiger partial charge is 0.465 e. The highest BCUT2D eigenvalue weighted by Crippen LogP contribution is 2.46. The van der Waals surface area contributed by atoms with E-state index in [0.29, 0.717) is 31.5 Å². The minimum Gasteiger partial charge on any atom is -0.465 e. The number of carboxylic acid groups (broad SMARTS) is 1. The van der Waals surface area contributed by atoms with Crippen molar-refractivity contribution in [3.05, 3.63) is 72.4 Å². The SMILES string of the molecule is CCN(C(=O)O)[C@H]1CC[C@H](CC(=O)Nc2cnc(-c3ccc([C@]4(N)C[C@](C)(O)C4)cc3)c(-c3ccccc3)c2)CC1. The average Bonchev–Trinajstić information content (AvgIpc) is 2.93. The fourth-order valence-electron chi connectivity index (χ4n) is 6.76. The minimum absolute atomic E-state index is 0.0371. The Balaban J connectivity index is 1.29. The highest BCUT2D eigenvalue weighted by molar-refractivity contribution is 5.93. The van der Waals surface area contributed by atoms with E-state index < -0.39 is 17.2 Å². The lowest BCUT2D eigenvalue weighted by Gasteiger charge is -2.49. The van der Waals surface area contributed by atoms with Crippen molar-refractivity contribution in [3.63, 3.8) is 0 Å². The van der Waals surface area contributed by atoms with Gasteiger partial charge in [0.25, 0.3) is 0 Å². The van der Waals surface area contributed by atoms with E-state index in [1.807, 2.05) is 74.5 Å². The summed E-state index contributed by atoms with van der Waals surface area (Å²) in [5.41, 5.74) is 10.6. The molecular weight excluding hydrogens is 516 g/mol. The molecule has 2 saturated carbocycles. The molecule has 0 aliphatic heterocycles. The van der Waals surface area contributed by atoms with E-state index in [2.05, 4.69) is 5.32 Å². The predicted molar refractivity (Wildman–Crippen MR) is 160 cm³/mol. The highest BCUT2D eigenvalue weighted by Gasteiger charge is 2.49. The molecule has 0 spiro atoms. The first-order valence-electron chi connectivity index (χ1n) is 14.5. The maximum absolute atomic E-state index is 13.0. The van der Waals surface area contributed by atoms with Gasteiger partial charge in [-0.2, -0.15) is 0 Å². The van der Waals surface area contributed by atoms with Gasteiger partial charge in [-0.3, -0.25) is 9.78 Å². The molecule has 1 heterocycles. The number of carbonyl (C=O) groups is 2. The Morgan fingerprint density at radius 2 is 1.68 bits per heavy atom. The van der Waals surface area contributed by atoms with Crippen LogP contribution in [0.3, 0.4) is 0 Å². The number of aliphatic hydroxyl groups is 1. The van der Waals surface area contributed by atoms with Crippen LogP contribution in [0.1, 0.15) is 64.4 Å². The number of anilines is 1. The third kappa shape index (κ3) is 6.44. The summed E-state index contributed by atoms with van der Waals surface area (Å²) in [6.07, 6.45) is 5.55. The summed E-state index contributed by atoms with van der Waals surface area (Å²) in [5, 5.41) is 22.7. The minimum atomic E-state index is -0.870. The van der Waals surface area contributed by atoms with Crippen LogP contribution in [0.2, 0.25) is 0 Å². The van der Waals surface area contributed by atoms with Crippen molar-refractivity contribution in [1.82, 2.24) is 9.88 Å². The van der Waals surface area contributed by atoms with Crippen LogP contribution >= 0.6 is 0 Å². The molecule has 2 aliphatic carbocycles. The van der Waals surface area contributed by atoms with Crippen LogP contribution in [0, 0.1) is 5.92 Å². The van der Waals surface area contributed by atoms with Crippen molar-refractivity contribution < 1.29 is 19.8 Å². The lowest BCUT2D eigenvalue weighted by atomic mass is 9.63. The van der Waals surface area contributed by atoms with Crippen molar-refractivity contribution in [2.75, 3.05) is 11.9 Å². The average molecular weight is 557 g/mol. The van der Waals surface area contributed by atoms with Gasteiger partial charge in [0.1, 0.15) is 0 Å².